The molecular formula is C11H10N2O5. The van der Waals surface area contributed by atoms with E-state index in [9.17, 15) is 14.9 Å². The molecule has 1 aromatic carbocycles. The minimum atomic E-state index is -0.566. The molecule has 18 heavy (non-hydrogen) atoms. The van der Waals surface area contributed by atoms with E-state index in [4.69, 9.17) is 9.47 Å². The number of ether oxygens (including phenoxy) is 2. The van der Waals surface area contributed by atoms with Crippen molar-refractivity contribution in [1.82, 2.24) is 4.98 Å². The van der Waals surface area contributed by atoms with E-state index >= 15 is 0 Å². The number of pyridine rings is 1. The van der Waals surface area contributed by atoms with Crippen LogP contribution in [-0.2, 0) is 0 Å². The molecule has 0 aliphatic carbocycles. The Morgan fingerprint density at radius 2 is 2.06 bits per heavy atom. The quantitative estimate of drug-likeness (QED) is 0.657. The van der Waals surface area contributed by atoms with Crippen molar-refractivity contribution in [3.63, 3.8) is 0 Å². The van der Waals surface area contributed by atoms with Crippen molar-refractivity contribution in [2.75, 3.05) is 14.2 Å². The van der Waals surface area contributed by atoms with Crippen molar-refractivity contribution < 1.29 is 14.4 Å². The van der Waals surface area contributed by atoms with Gasteiger partial charge in [0.1, 0.15) is 0 Å². The first-order chi connectivity index (χ1) is 8.60. The summed E-state index contributed by atoms with van der Waals surface area (Å²) in [6, 6.07) is 2.69. The molecule has 94 valence electrons. The van der Waals surface area contributed by atoms with Crippen molar-refractivity contribution in [2.45, 2.75) is 0 Å². The van der Waals surface area contributed by atoms with Gasteiger partial charge in [0.15, 0.2) is 11.5 Å². The largest absolute Gasteiger partial charge is 0.493 e. The topological polar surface area (TPSA) is 94.5 Å². The lowest BCUT2D eigenvalue weighted by Crippen LogP contribution is -2.08. The zero-order valence-corrected chi connectivity index (χ0v) is 9.72. The Hall–Kier alpha value is -2.57. The number of hydrogen-bond donors (Lipinski definition) is 1. The number of methoxy groups -OCH3 is 2. The average Bonchev–Trinajstić information content (AvgIpc) is 2.36. The van der Waals surface area contributed by atoms with Crippen LogP contribution in [0.4, 0.5) is 5.69 Å². The normalized spacial score (nSPS) is 10.3. The first-order valence-corrected chi connectivity index (χ1v) is 5.01. The third kappa shape index (κ3) is 1.65. The summed E-state index contributed by atoms with van der Waals surface area (Å²) in [5.74, 6) is 0.327. The molecule has 7 nitrogen and oxygen atoms in total. The van der Waals surface area contributed by atoms with E-state index < -0.39 is 10.5 Å². The molecule has 2 aromatic rings. The van der Waals surface area contributed by atoms with Crippen LogP contribution in [0.3, 0.4) is 0 Å². The molecule has 0 fully saturated rings. The second kappa shape index (κ2) is 4.36. The molecule has 0 aliphatic heterocycles. The maximum absolute atomic E-state index is 11.8. The van der Waals surface area contributed by atoms with E-state index in [0.29, 0.717) is 0 Å². The number of H-pyrrole nitrogens is 1. The molecule has 0 bridgehead atoms. The summed E-state index contributed by atoms with van der Waals surface area (Å²) in [7, 11) is 2.72. The van der Waals surface area contributed by atoms with Gasteiger partial charge in [-0.3, -0.25) is 14.9 Å². The zero-order valence-electron chi connectivity index (χ0n) is 9.72. The number of hydrogen-bond acceptors (Lipinski definition) is 5. The van der Waals surface area contributed by atoms with Crippen LogP contribution in [0, 0.1) is 10.1 Å². The van der Waals surface area contributed by atoms with Crippen LogP contribution in [0.5, 0.6) is 11.5 Å². The van der Waals surface area contributed by atoms with Crippen LogP contribution in [0.1, 0.15) is 0 Å². The number of nitrogens with zero attached hydrogens (tertiary/aromatic N) is 1. The molecule has 1 N–H and O–H groups in total. The number of aromatic amines is 1. The number of fused-ring (bicyclic) bond motifs is 1. The van der Waals surface area contributed by atoms with Crippen LogP contribution < -0.4 is 15.0 Å². The number of nitrogens with one attached hydrogen (secondary N) is 1. The summed E-state index contributed by atoms with van der Waals surface area (Å²) >= 11 is 0. The number of aromatic nitrogens is 1. The highest BCUT2D eigenvalue weighted by atomic mass is 16.6. The molecule has 0 atom stereocenters. The van der Waals surface area contributed by atoms with Gasteiger partial charge in [-0.25, -0.2) is 0 Å². The average molecular weight is 250 g/mol. The lowest BCUT2D eigenvalue weighted by molar-refractivity contribution is -0.383. The minimum absolute atomic E-state index is 0.103. The SMILES string of the molecule is COc1cc([N+](=O)[O-])c2cc[nH]c(=O)c2c1OC. The Morgan fingerprint density at radius 1 is 1.33 bits per heavy atom. The number of nitro benzene ring substituents is 1. The Balaban J connectivity index is 3.03. The standard InChI is InChI=1S/C11H10N2O5/c1-17-8-5-7(13(15)16)6-3-4-12-11(14)9(6)10(8)18-2/h3-5H,1-2H3,(H,12,14). The first kappa shape index (κ1) is 11.9. The van der Waals surface area contributed by atoms with Crippen molar-refractivity contribution in [3.05, 3.63) is 38.8 Å². The van der Waals surface area contributed by atoms with E-state index in [1.165, 1.54) is 32.5 Å². The van der Waals surface area contributed by atoms with Crippen LogP contribution in [-0.4, -0.2) is 24.1 Å². The van der Waals surface area contributed by atoms with Gasteiger partial charge in [-0.2, -0.15) is 0 Å². The molecule has 0 saturated heterocycles. The number of benzene rings is 1. The molecule has 7 heteroatoms. The Morgan fingerprint density at radius 3 is 2.61 bits per heavy atom. The predicted octanol–water partition coefficient (Wildman–Crippen LogP) is 1.45. The second-order valence-corrected chi connectivity index (χ2v) is 3.48. The predicted molar refractivity (Wildman–Crippen MR) is 64.3 cm³/mol. The van der Waals surface area contributed by atoms with Crippen molar-refractivity contribution in [2.24, 2.45) is 0 Å². The second-order valence-electron chi connectivity index (χ2n) is 3.48. The minimum Gasteiger partial charge on any atom is -0.493 e. The molecule has 0 radical (unpaired) electrons. The highest BCUT2D eigenvalue weighted by molar-refractivity contribution is 5.96. The Bertz CT molecular complexity index is 677. The van der Waals surface area contributed by atoms with E-state index in [1.807, 2.05) is 0 Å². The van der Waals surface area contributed by atoms with Crippen molar-refractivity contribution in [1.29, 1.82) is 0 Å². The molecule has 0 aliphatic rings. The summed E-state index contributed by atoms with van der Waals surface area (Å²) in [5, 5.41) is 11.3. The first-order valence-electron chi connectivity index (χ1n) is 5.01. The lowest BCUT2D eigenvalue weighted by atomic mass is 10.1. The van der Waals surface area contributed by atoms with Crippen LogP contribution in [0.2, 0.25) is 0 Å². The molecule has 0 spiro atoms. The summed E-state index contributed by atoms with van der Waals surface area (Å²) in [5.41, 5.74) is -0.667. The Labute approximate surface area is 101 Å². The zero-order chi connectivity index (χ0) is 13.3. The fourth-order valence-electron chi connectivity index (χ4n) is 1.81. The van der Waals surface area contributed by atoms with E-state index in [2.05, 4.69) is 4.98 Å². The maximum atomic E-state index is 11.8. The van der Waals surface area contributed by atoms with E-state index in [1.54, 1.807) is 0 Å². The third-order valence-electron chi connectivity index (χ3n) is 2.58. The summed E-state index contributed by atoms with van der Waals surface area (Å²) in [4.78, 5) is 24.7. The number of non-ortho nitro benzene ring substituents is 1. The maximum Gasteiger partial charge on any atom is 0.281 e. The van der Waals surface area contributed by atoms with Gasteiger partial charge in [-0.1, -0.05) is 0 Å². The molecule has 0 unspecified atom stereocenters. The number of nitro groups is 1. The van der Waals surface area contributed by atoms with Crippen molar-refractivity contribution >= 4 is 16.5 Å². The van der Waals surface area contributed by atoms with Crippen LogP contribution in [0.15, 0.2) is 23.1 Å². The Kier molecular flexibility index (Phi) is 2.88. The fourth-order valence-corrected chi connectivity index (χ4v) is 1.81. The summed E-state index contributed by atoms with van der Waals surface area (Å²) < 4.78 is 10.1. The van der Waals surface area contributed by atoms with Gasteiger partial charge in [-0.05, 0) is 6.07 Å². The van der Waals surface area contributed by atoms with Gasteiger partial charge >= 0.3 is 0 Å². The monoisotopic (exact) mass is 250 g/mol. The highest BCUT2D eigenvalue weighted by Crippen LogP contribution is 2.38. The van der Waals surface area contributed by atoms with Gasteiger partial charge in [-0.15, -0.1) is 0 Å². The third-order valence-corrected chi connectivity index (χ3v) is 2.58. The fraction of sp³-hybridized carbons (Fsp3) is 0.182. The van der Waals surface area contributed by atoms with Gasteiger partial charge in [0.25, 0.3) is 11.2 Å². The number of rotatable bonds is 3. The van der Waals surface area contributed by atoms with Crippen molar-refractivity contribution in [3.8, 4) is 11.5 Å². The lowest BCUT2D eigenvalue weighted by Gasteiger charge is -2.10. The molecule has 2 rings (SSSR count). The van der Waals surface area contributed by atoms with E-state index in [0.717, 1.165) is 0 Å². The van der Waals surface area contributed by atoms with E-state index in [-0.39, 0.29) is 28.0 Å². The van der Waals surface area contributed by atoms with Gasteiger partial charge in [0.2, 0.25) is 0 Å². The van der Waals surface area contributed by atoms with Crippen LogP contribution >= 0.6 is 0 Å². The molecule has 0 amide bonds. The smallest absolute Gasteiger partial charge is 0.281 e. The molecule has 1 heterocycles. The van der Waals surface area contributed by atoms with Gasteiger partial charge in [0.05, 0.1) is 36.0 Å². The highest BCUT2D eigenvalue weighted by Gasteiger charge is 2.22. The molecule has 1 aromatic heterocycles. The summed E-state index contributed by atoms with van der Waals surface area (Å²) in [6.07, 6.45) is 1.35. The van der Waals surface area contributed by atoms with Gasteiger partial charge < -0.3 is 14.5 Å². The summed E-state index contributed by atoms with van der Waals surface area (Å²) in [6.45, 7) is 0. The molecular weight excluding hydrogens is 240 g/mol. The van der Waals surface area contributed by atoms with Gasteiger partial charge in [0, 0.05) is 6.20 Å². The van der Waals surface area contributed by atoms with Crippen LogP contribution in [0.25, 0.3) is 10.8 Å². The molecule has 0 saturated carbocycles.